The standard InChI is InChI=1S/C20H30N2O4/c1-15(21-20(23)18-14-25-13-10-22(18)2)19(16-6-4-3-5-7-16)26-17-8-11-24-12-9-17/h3-7,15,17-19H,8-14H2,1-2H3,(H,21,23). The highest BCUT2D eigenvalue weighted by Gasteiger charge is 2.31. The number of nitrogens with one attached hydrogen (secondary N) is 1. The largest absolute Gasteiger partial charge is 0.381 e. The highest BCUT2D eigenvalue weighted by molar-refractivity contribution is 5.82. The minimum atomic E-state index is -0.245. The Balaban J connectivity index is 1.67. The second-order valence-electron chi connectivity index (χ2n) is 7.15. The second kappa shape index (κ2) is 9.46. The summed E-state index contributed by atoms with van der Waals surface area (Å²) in [6, 6.07) is 9.74. The van der Waals surface area contributed by atoms with Crippen molar-refractivity contribution in [2.24, 2.45) is 0 Å². The van der Waals surface area contributed by atoms with Crippen LogP contribution in [0.5, 0.6) is 0 Å². The van der Waals surface area contributed by atoms with Crippen LogP contribution in [0.25, 0.3) is 0 Å². The quantitative estimate of drug-likeness (QED) is 0.836. The van der Waals surface area contributed by atoms with Gasteiger partial charge in [-0.3, -0.25) is 9.69 Å². The highest BCUT2D eigenvalue weighted by Crippen LogP contribution is 2.26. The van der Waals surface area contributed by atoms with Crippen LogP contribution in [0.4, 0.5) is 0 Å². The molecule has 0 aromatic heterocycles. The molecule has 1 aromatic carbocycles. The SMILES string of the molecule is CC(NC(=O)C1COCCN1C)C(OC1CCOCC1)c1ccccc1. The second-order valence-corrected chi connectivity index (χ2v) is 7.15. The van der Waals surface area contributed by atoms with Crippen LogP contribution < -0.4 is 5.32 Å². The summed E-state index contributed by atoms with van der Waals surface area (Å²) in [5.74, 6) is -0.00351. The summed E-state index contributed by atoms with van der Waals surface area (Å²) in [6.45, 7) is 5.36. The van der Waals surface area contributed by atoms with E-state index in [4.69, 9.17) is 14.2 Å². The van der Waals surface area contributed by atoms with E-state index in [1.807, 2.05) is 37.1 Å². The number of ether oxygens (including phenoxy) is 3. The fraction of sp³-hybridized carbons (Fsp3) is 0.650. The summed E-state index contributed by atoms with van der Waals surface area (Å²) in [4.78, 5) is 14.8. The Morgan fingerprint density at radius 1 is 1.19 bits per heavy atom. The Bertz CT molecular complexity index is 562. The van der Waals surface area contributed by atoms with Crippen molar-refractivity contribution in [2.45, 2.75) is 44.1 Å². The molecule has 6 heteroatoms. The van der Waals surface area contributed by atoms with Crippen LogP contribution in [0, 0.1) is 0 Å². The van der Waals surface area contributed by atoms with E-state index in [0.29, 0.717) is 13.2 Å². The van der Waals surface area contributed by atoms with Gasteiger partial charge < -0.3 is 19.5 Å². The average Bonchev–Trinajstić information content (AvgIpc) is 2.68. The average molecular weight is 362 g/mol. The van der Waals surface area contributed by atoms with Crippen LogP contribution in [0.15, 0.2) is 30.3 Å². The first-order chi connectivity index (χ1) is 12.6. The fourth-order valence-electron chi connectivity index (χ4n) is 3.51. The molecule has 0 radical (unpaired) electrons. The molecule has 0 saturated carbocycles. The van der Waals surface area contributed by atoms with E-state index in [9.17, 15) is 4.79 Å². The summed E-state index contributed by atoms with van der Waals surface area (Å²) >= 11 is 0. The maximum atomic E-state index is 12.7. The number of amides is 1. The Labute approximate surface area is 155 Å². The van der Waals surface area contributed by atoms with Crippen molar-refractivity contribution in [3.63, 3.8) is 0 Å². The number of hydrogen-bond donors (Lipinski definition) is 1. The molecule has 0 spiro atoms. The van der Waals surface area contributed by atoms with E-state index in [1.54, 1.807) is 0 Å². The van der Waals surface area contributed by atoms with E-state index in [1.165, 1.54) is 0 Å². The first kappa shape index (κ1) is 19.3. The van der Waals surface area contributed by atoms with Gasteiger partial charge in [-0.15, -0.1) is 0 Å². The summed E-state index contributed by atoms with van der Waals surface area (Å²) in [5, 5.41) is 3.15. The zero-order chi connectivity index (χ0) is 18.4. The maximum absolute atomic E-state index is 12.7. The molecule has 1 amide bonds. The van der Waals surface area contributed by atoms with Crippen molar-refractivity contribution in [1.82, 2.24) is 10.2 Å². The Morgan fingerprint density at radius 2 is 1.92 bits per heavy atom. The van der Waals surface area contributed by atoms with Crippen LogP contribution >= 0.6 is 0 Å². The molecule has 3 unspecified atom stereocenters. The van der Waals surface area contributed by atoms with E-state index in [-0.39, 0.29) is 30.2 Å². The normalized spacial score (nSPS) is 24.8. The minimum Gasteiger partial charge on any atom is -0.381 e. The van der Waals surface area contributed by atoms with Crippen molar-refractivity contribution < 1.29 is 19.0 Å². The Hall–Kier alpha value is -1.47. The molecule has 2 aliphatic heterocycles. The molecule has 1 N–H and O–H groups in total. The molecular weight excluding hydrogens is 332 g/mol. The smallest absolute Gasteiger partial charge is 0.240 e. The first-order valence-electron chi connectivity index (χ1n) is 9.51. The van der Waals surface area contributed by atoms with Gasteiger partial charge in [0, 0.05) is 19.8 Å². The van der Waals surface area contributed by atoms with Gasteiger partial charge in [-0.1, -0.05) is 30.3 Å². The summed E-state index contributed by atoms with van der Waals surface area (Å²) in [6.07, 6.45) is 1.76. The van der Waals surface area contributed by atoms with Gasteiger partial charge in [0.15, 0.2) is 0 Å². The van der Waals surface area contributed by atoms with Crippen molar-refractivity contribution in [1.29, 1.82) is 0 Å². The van der Waals surface area contributed by atoms with Crippen molar-refractivity contribution in [3.8, 4) is 0 Å². The van der Waals surface area contributed by atoms with Crippen LogP contribution in [-0.2, 0) is 19.0 Å². The number of rotatable bonds is 6. The zero-order valence-electron chi connectivity index (χ0n) is 15.7. The van der Waals surface area contributed by atoms with Crippen molar-refractivity contribution in [2.75, 3.05) is 40.0 Å². The van der Waals surface area contributed by atoms with E-state index >= 15 is 0 Å². The molecule has 2 fully saturated rings. The van der Waals surface area contributed by atoms with Gasteiger partial charge >= 0.3 is 0 Å². The molecule has 6 nitrogen and oxygen atoms in total. The van der Waals surface area contributed by atoms with Crippen LogP contribution in [0.1, 0.15) is 31.4 Å². The first-order valence-corrected chi connectivity index (χ1v) is 9.51. The minimum absolute atomic E-state index is 0.00351. The number of nitrogens with zero attached hydrogens (tertiary/aromatic N) is 1. The van der Waals surface area contributed by atoms with Gasteiger partial charge in [-0.2, -0.15) is 0 Å². The van der Waals surface area contributed by atoms with Crippen LogP contribution in [0.3, 0.4) is 0 Å². The van der Waals surface area contributed by atoms with Crippen molar-refractivity contribution in [3.05, 3.63) is 35.9 Å². The van der Waals surface area contributed by atoms with E-state index in [2.05, 4.69) is 17.4 Å². The van der Waals surface area contributed by atoms with Gasteiger partial charge in [0.05, 0.1) is 25.4 Å². The van der Waals surface area contributed by atoms with E-state index in [0.717, 1.165) is 38.2 Å². The molecule has 26 heavy (non-hydrogen) atoms. The van der Waals surface area contributed by atoms with Gasteiger partial charge in [0.25, 0.3) is 0 Å². The van der Waals surface area contributed by atoms with Gasteiger partial charge in [0.2, 0.25) is 5.91 Å². The zero-order valence-corrected chi connectivity index (χ0v) is 15.7. The lowest BCUT2D eigenvalue weighted by atomic mass is 10.0. The summed E-state index contributed by atoms with van der Waals surface area (Å²) in [7, 11) is 1.96. The molecule has 2 aliphatic rings. The molecule has 144 valence electrons. The summed E-state index contributed by atoms with van der Waals surface area (Å²) in [5.41, 5.74) is 1.08. The van der Waals surface area contributed by atoms with Crippen LogP contribution in [0.2, 0.25) is 0 Å². The highest BCUT2D eigenvalue weighted by atomic mass is 16.5. The lowest BCUT2D eigenvalue weighted by molar-refractivity contribution is -0.134. The number of hydrogen-bond acceptors (Lipinski definition) is 5. The molecule has 0 bridgehead atoms. The summed E-state index contributed by atoms with van der Waals surface area (Å²) < 4.78 is 17.3. The predicted molar refractivity (Wildman–Crippen MR) is 99.0 cm³/mol. The van der Waals surface area contributed by atoms with Gasteiger partial charge in [-0.25, -0.2) is 0 Å². The third kappa shape index (κ3) is 5.04. The van der Waals surface area contributed by atoms with E-state index < -0.39 is 0 Å². The topological polar surface area (TPSA) is 60.0 Å². The number of carbonyl (C=O) groups excluding carboxylic acids is 1. The third-order valence-corrected chi connectivity index (χ3v) is 5.16. The third-order valence-electron chi connectivity index (χ3n) is 5.16. The molecule has 1 aromatic rings. The molecular formula is C20H30N2O4. The monoisotopic (exact) mass is 362 g/mol. The number of benzene rings is 1. The predicted octanol–water partition coefficient (Wildman–Crippen LogP) is 1.76. The lowest BCUT2D eigenvalue weighted by Crippen LogP contribution is -2.54. The van der Waals surface area contributed by atoms with Crippen LogP contribution in [-0.4, -0.2) is 69.0 Å². The Morgan fingerprint density at radius 3 is 2.62 bits per heavy atom. The lowest BCUT2D eigenvalue weighted by Gasteiger charge is -2.35. The molecule has 3 atom stereocenters. The number of morpholine rings is 1. The maximum Gasteiger partial charge on any atom is 0.240 e. The Kier molecular flexibility index (Phi) is 7.02. The molecule has 0 aliphatic carbocycles. The van der Waals surface area contributed by atoms with Gasteiger partial charge in [0.1, 0.15) is 12.1 Å². The fourth-order valence-corrected chi connectivity index (χ4v) is 3.51. The molecule has 2 saturated heterocycles. The van der Waals surface area contributed by atoms with Gasteiger partial charge in [-0.05, 0) is 32.4 Å². The number of likely N-dealkylation sites (N-methyl/N-ethyl adjacent to an activating group) is 1. The van der Waals surface area contributed by atoms with Crippen molar-refractivity contribution >= 4 is 5.91 Å². The number of carbonyl (C=O) groups is 1. The molecule has 3 rings (SSSR count). The molecule has 2 heterocycles.